The minimum atomic E-state index is -1.27. The summed E-state index contributed by atoms with van der Waals surface area (Å²) in [7, 11) is 0. The molecule has 0 aliphatic carbocycles. The van der Waals surface area contributed by atoms with E-state index in [-0.39, 0.29) is 70.7 Å². The maximum absolute atomic E-state index is 14.5. The molecule has 18 nitrogen and oxygen atoms in total. The van der Waals surface area contributed by atoms with Crippen molar-refractivity contribution in [3.05, 3.63) is 108 Å². The summed E-state index contributed by atoms with van der Waals surface area (Å²) < 4.78 is 0. The van der Waals surface area contributed by atoms with Gasteiger partial charge in [-0.2, -0.15) is 0 Å². The number of rotatable bonds is 12. The normalized spacial score (nSPS) is 19.0. The van der Waals surface area contributed by atoms with Crippen LogP contribution in [0.4, 0.5) is 0 Å². The highest BCUT2D eigenvalue weighted by molar-refractivity contribution is 5.96. The lowest BCUT2D eigenvalue weighted by Crippen LogP contribution is -2.58. The van der Waals surface area contributed by atoms with E-state index in [1.165, 1.54) is 4.90 Å². The van der Waals surface area contributed by atoms with E-state index in [0.717, 1.165) is 21.4 Å². The van der Waals surface area contributed by atoms with Crippen LogP contribution in [0.2, 0.25) is 0 Å². The number of guanidine groups is 1. The first-order valence-electron chi connectivity index (χ1n) is 20.1. The second kappa shape index (κ2) is 22.2. The summed E-state index contributed by atoms with van der Waals surface area (Å²) in [5, 5.41) is 11.8. The molecular formula is C43H53N11O7. The molecular weight excluding hydrogens is 783 g/mol. The Morgan fingerprint density at radius 1 is 0.689 bits per heavy atom. The third-order valence-electron chi connectivity index (χ3n) is 10.0. The van der Waals surface area contributed by atoms with Gasteiger partial charge in [-0.15, -0.1) is 0 Å². The van der Waals surface area contributed by atoms with Crippen molar-refractivity contribution in [3.63, 3.8) is 0 Å². The van der Waals surface area contributed by atoms with Crippen LogP contribution >= 0.6 is 0 Å². The molecule has 61 heavy (non-hydrogen) atoms. The molecule has 1 aliphatic heterocycles. The van der Waals surface area contributed by atoms with Crippen LogP contribution in [0.3, 0.4) is 0 Å². The highest BCUT2D eigenvalue weighted by Crippen LogP contribution is 2.20. The molecule has 3 atom stereocenters. The summed E-state index contributed by atoms with van der Waals surface area (Å²) in [5.41, 5.74) is 19.6. The summed E-state index contributed by atoms with van der Waals surface area (Å²) in [5.74, 6) is -4.75. The lowest BCUT2D eigenvalue weighted by molar-refractivity contribution is -0.141. The van der Waals surface area contributed by atoms with E-state index in [1.807, 2.05) is 48.5 Å². The van der Waals surface area contributed by atoms with Gasteiger partial charge in [0.05, 0.1) is 13.1 Å². The second-order valence-corrected chi connectivity index (χ2v) is 14.8. The van der Waals surface area contributed by atoms with Gasteiger partial charge in [-0.05, 0) is 35.6 Å². The van der Waals surface area contributed by atoms with Crippen LogP contribution in [0.15, 0.2) is 96.1 Å². The zero-order valence-corrected chi connectivity index (χ0v) is 33.8. The second-order valence-electron chi connectivity index (χ2n) is 14.8. The van der Waals surface area contributed by atoms with Gasteiger partial charge in [-0.25, -0.2) is 0 Å². The molecule has 1 fully saturated rings. The summed E-state index contributed by atoms with van der Waals surface area (Å²) in [6.45, 7) is -1.21. The van der Waals surface area contributed by atoms with E-state index in [0.29, 0.717) is 11.1 Å². The number of hydrogen-bond donors (Lipinski definition) is 8. The fraction of sp³-hybridized carbons (Fsp3) is 0.349. The van der Waals surface area contributed by atoms with E-state index in [9.17, 15) is 33.6 Å². The van der Waals surface area contributed by atoms with Gasteiger partial charge in [-0.1, -0.05) is 78.9 Å². The smallest absolute Gasteiger partial charge is 0.246 e. The zero-order chi connectivity index (χ0) is 43.7. The lowest BCUT2D eigenvalue weighted by Gasteiger charge is -2.30. The Morgan fingerprint density at radius 2 is 1.31 bits per heavy atom. The Balaban J connectivity index is 1.52. The van der Waals surface area contributed by atoms with Crippen molar-refractivity contribution in [2.45, 2.75) is 63.2 Å². The average molecular weight is 836 g/mol. The number of aromatic nitrogens is 1. The Labute approximate surface area is 353 Å². The van der Waals surface area contributed by atoms with Gasteiger partial charge in [0.25, 0.3) is 0 Å². The largest absolute Gasteiger partial charge is 0.370 e. The Hall–Kier alpha value is -7.24. The van der Waals surface area contributed by atoms with Crippen LogP contribution in [-0.4, -0.2) is 113 Å². The van der Waals surface area contributed by atoms with Crippen molar-refractivity contribution in [3.8, 4) is 0 Å². The van der Waals surface area contributed by atoms with Gasteiger partial charge in [-0.3, -0.25) is 38.6 Å². The number of amides is 7. The zero-order valence-electron chi connectivity index (χ0n) is 33.8. The average Bonchev–Trinajstić information content (AvgIpc) is 3.65. The molecule has 5 rings (SSSR count). The number of primary amides is 1. The van der Waals surface area contributed by atoms with Gasteiger partial charge in [0.2, 0.25) is 41.4 Å². The summed E-state index contributed by atoms with van der Waals surface area (Å²) >= 11 is 0. The molecule has 1 aliphatic rings. The minimum Gasteiger partial charge on any atom is -0.370 e. The van der Waals surface area contributed by atoms with Crippen LogP contribution in [0.25, 0.3) is 10.9 Å². The lowest BCUT2D eigenvalue weighted by atomic mass is 10.0. The van der Waals surface area contributed by atoms with E-state index in [2.05, 4.69) is 31.2 Å². The quantitative estimate of drug-likeness (QED) is 0.0529. The highest BCUT2D eigenvalue weighted by Gasteiger charge is 2.33. The standard InChI is InChI=1S/C43H53N11O7/c44-36(55)26-53-21-20-47-37(56)17-18-38(57)51-34(22-28-10-3-1-4-11-28)42(61)54(25-29-12-5-2-6-13-29)27-39(58)50-33(16-9-19-48-43(45)46)40(59)52-35(41(53)60)23-30-24-49-32-15-8-7-14-31(30)32/h1-8,10-15,24,33-35,49H,9,16-23,25-27H2,(H2,44,55)(H,47,56)(H,50,58)(H,51,57)(H,52,59)(H4,45,46,48)/t33-,34-,35-/m0/s1. The van der Waals surface area contributed by atoms with Crippen molar-refractivity contribution in [1.29, 1.82) is 0 Å². The molecule has 0 radical (unpaired) electrons. The number of nitrogens with zero attached hydrogens (tertiary/aromatic N) is 3. The number of benzene rings is 3. The highest BCUT2D eigenvalue weighted by atomic mass is 16.2. The maximum Gasteiger partial charge on any atom is 0.246 e. The number of hydrogen-bond acceptors (Lipinski definition) is 8. The van der Waals surface area contributed by atoms with Crippen molar-refractivity contribution < 1.29 is 33.6 Å². The summed E-state index contributed by atoms with van der Waals surface area (Å²) in [6, 6.07) is 21.7. The number of H-pyrrole nitrogens is 1. The van der Waals surface area contributed by atoms with Crippen molar-refractivity contribution >= 4 is 58.2 Å². The molecule has 7 amide bonds. The predicted molar refractivity (Wildman–Crippen MR) is 228 cm³/mol. The molecule has 322 valence electrons. The van der Waals surface area contributed by atoms with Crippen LogP contribution in [0.1, 0.15) is 42.4 Å². The number of aromatic amines is 1. The first-order valence-corrected chi connectivity index (χ1v) is 20.1. The number of nitrogens with two attached hydrogens (primary N) is 3. The number of aliphatic imine (C=N–C) groups is 1. The van der Waals surface area contributed by atoms with E-state index in [4.69, 9.17) is 17.2 Å². The van der Waals surface area contributed by atoms with E-state index < -0.39 is 72.6 Å². The van der Waals surface area contributed by atoms with E-state index in [1.54, 1.807) is 42.6 Å². The first kappa shape index (κ1) is 44.9. The minimum absolute atomic E-state index is 0.0189. The maximum atomic E-state index is 14.5. The van der Waals surface area contributed by atoms with Crippen LogP contribution in [-0.2, 0) is 52.9 Å². The molecule has 3 aromatic carbocycles. The van der Waals surface area contributed by atoms with Crippen LogP contribution < -0.4 is 38.5 Å². The Kier molecular flexibility index (Phi) is 16.3. The number of fused-ring (bicyclic) bond motifs is 1. The summed E-state index contributed by atoms with van der Waals surface area (Å²) in [4.78, 5) is 105. The Bertz CT molecular complexity index is 2190. The molecule has 11 N–H and O–H groups in total. The Morgan fingerprint density at radius 3 is 2.02 bits per heavy atom. The topological polar surface area (TPSA) is 280 Å². The molecule has 18 heteroatoms. The van der Waals surface area contributed by atoms with Gasteiger partial charge >= 0.3 is 0 Å². The molecule has 0 bridgehead atoms. The predicted octanol–water partition coefficient (Wildman–Crippen LogP) is -0.286. The fourth-order valence-electron chi connectivity index (χ4n) is 7.05. The fourth-order valence-corrected chi connectivity index (χ4v) is 7.05. The molecule has 1 aromatic heterocycles. The van der Waals surface area contributed by atoms with Crippen LogP contribution in [0, 0.1) is 0 Å². The molecule has 0 unspecified atom stereocenters. The van der Waals surface area contributed by atoms with Gasteiger partial charge in [0.15, 0.2) is 5.96 Å². The van der Waals surface area contributed by atoms with Crippen molar-refractivity contribution in [2.24, 2.45) is 22.2 Å². The van der Waals surface area contributed by atoms with Gasteiger partial charge in [0.1, 0.15) is 18.1 Å². The SMILES string of the molecule is NC(=O)CN1CCNC(=O)CCC(=O)N[C@@H](Cc2ccccc2)C(=O)N(Cc2ccccc2)CC(=O)N[C@@H](CCCN=C(N)N)C(=O)N[C@@H](Cc2c[nH]c3ccccc23)C1=O. The third-order valence-corrected chi connectivity index (χ3v) is 10.0. The van der Waals surface area contributed by atoms with E-state index >= 15 is 0 Å². The molecule has 2 heterocycles. The number of carbonyl (C=O) groups is 7. The van der Waals surface area contributed by atoms with Crippen molar-refractivity contribution in [2.75, 3.05) is 32.7 Å². The molecule has 0 spiro atoms. The molecule has 1 saturated heterocycles. The molecule has 4 aromatic rings. The monoisotopic (exact) mass is 835 g/mol. The van der Waals surface area contributed by atoms with Crippen LogP contribution in [0.5, 0.6) is 0 Å². The number of para-hydroxylation sites is 1. The van der Waals surface area contributed by atoms with Gasteiger partial charge in [0, 0.05) is 69.0 Å². The summed E-state index contributed by atoms with van der Waals surface area (Å²) in [6.07, 6.45) is 1.52. The number of nitrogens with one attached hydrogen (secondary N) is 5. The first-order chi connectivity index (χ1) is 29.4. The number of carbonyl (C=O) groups excluding carboxylic acids is 7. The van der Waals surface area contributed by atoms with Crippen molar-refractivity contribution in [1.82, 2.24) is 36.1 Å². The van der Waals surface area contributed by atoms with Gasteiger partial charge < -0.3 is 53.3 Å². The molecule has 0 saturated carbocycles. The third kappa shape index (κ3) is 13.9.